The van der Waals surface area contributed by atoms with Gasteiger partial charge in [0, 0.05) is 31.0 Å². The number of rotatable bonds is 9. The molecule has 1 aliphatic carbocycles. The number of hydrogen-bond donors (Lipinski definition) is 2. The number of nitrogens with one attached hydrogen (secondary N) is 2. The van der Waals surface area contributed by atoms with Crippen molar-refractivity contribution < 1.29 is 19.1 Å². The fourth-order valence-corrected chi connectivity index (χ4v) is 2.02. The van der Waals surface area contributed by atoms with Gasteiger partial charge in [0.1, 0.15) is 5.75 Å². The molecule has 6 heteroatoms. The van der Waals surface area contributed by atoms with E-state index in [-0.39, 0.29) is 30.1 Å². The summed E-state index contributed by atoms with van der Waals surface area (Å²) in [6.45, 7) is 2.52. The van der Waals surface area contributed by atoms with E-state index in [9.17, 15) is 14.4 Å². The molecule has 1 aromatic rings. The van der Waals surface area contributed by atoms with Gasteiger partial charge < -0.3 is 15.4 Å². The molecule has 1 saturated carbocycles. The summed E-state index contributed by atoms with van der Waals surface area (Å²) in [5.74, 6) is 0.602. The zero-order valence-electron chi connectivity index (χ0n) is 13.3. The van der Waals surface area contributed by atoms with E-state index in [2.05, 4.69) is 10.6 Å². The van der Waals surface area contributed by atoms with Crippen LogP contribution in [0, 0.1) is 5.92 Å². The molecule has 2 amide bonds. The number of benzene rings is 1. The highest BCUT2D eigenvalue weighted by Gasteiger charge is 2.28. The predicted molar refractivity (Wildman–Crippen MR) is 85.3 cm³/mol. The number of ketones is 1. The van der Waals surface area contributed by atoms with Gasteiger partial charge in [-0.05, 0) is 37.1 Å². The third-order valence-electron chi connectivity index (χ3n) is 3.56. The van der Waals surface area contributed by atoms with Crippen molar-refractivity contribution in [1.29, 1.82) is 0 Å². The Balaban J connectivity index is 1.61. The van der Waals surface area contributed by atoms with Gasteiger partial charge in [0.05, 0.1) is 0 Å². The number of amides is 2. The van der Waals surface area contributed by atoms with E-state index in [4.69, 9.17) is 4.74 Å². The molecule has 0 heterocycles. The molecule has 23 heavy (non-hydrogen) atoms. The molecule has 2 N–H and O–H groups in total. The van der Waals surface area contributed by atoms with Crippen molar-refractivity contribution in [2.75, 3.05) is 19.7 Å². The quantitative estimate of drug-likeness (QED) is 0.531. The second-order valence-corrected chi connectivity index (χ2v) is 5.51. The van der Waals surface area contributed by atoms with E-state index in [1.165, 1.54) is 0 Å². The molecule has 0 bridgehead atoms. The van der Waals surface area contributed by atoms with Gasteiger partial charge in [-0.1, -0.05) is 6.92 Å². The molecule has 0 atom stereocenters. The van der Waals surface area contributed by atoms with Crippen LogP contribution < -0.4 is 15.4 Å². The molecular weight excluding hydrogens is 296 g/mol. The van der Waals surface area contributed by atoms with Crippen LogP contribution in [0.1, 0.15) is 36.5 Å². The maximum atomic E-state index is 11.6. The topological polar surface area (TPSA) is 84.5 Å². The lowest BCUT2D eigenvalue weighted by Gasteiger charge is -2.08. The van der Waals surface area contributed by atoms with Gasteiger partial charge in [-0.15, -0.1) is 0 Å². The number of ether oxygens (including phenoxy) is 1. The fourth-order valence-electron chi connectivity index (χ4n) is 2.02. The summed E-state index contributed by atoms with van der Waals surface area (Å²) in [7, 11) is 0. The predicted octanol–water partition coefficient (Wildman–Crippen LogP) is 1.30. The Morgan fingerprint density at radius 3 is 2.35 bits per heavy atom. The second kappa shape index (κ2) is 8.31. The van der Waals surface area contributed by atoms with Crippen LogP contribution in [-0.4, -0.2) is 37.3 Å². The van der Waals surface area contributed by atoms with Crippen LogP contribution in [-0.2, 0) is 9.59 Å². The van der Waals surface area contributed by atoms with E-state index < -0.39 is 0 Å². The first-order chi connectivity index (χ1) is 11.1. The maximum Gasteiger partial charge on any atom is 0.258 e. The zero-order chi connectivity index (χ0) is 16.7. The van der Waals surface area contributed by atoms with Crippen molar-refractivity contribution in [1.82, 2.24) is 10.6 Å². The van der Waals surface area contributed by atoms with Gasteiger partial charge in [0.25, 0.3) is 5.91 Å². The van der Waals surface area contributed by atoms with E-state index in [1.54, 1.807) is 24.3 Å². The van der Waals surface area contributed by atoms with E-state index in [0.29, 0.717) is 30.8 Å². The first-order valence-corrected chi connectivity index (χ1v) is 7.90. The first-order valence-electron chi connectivity index (χ1n) is 7.90. The third kappa shape index (κ3) is 5.73. The molecule has 0 unspecified atom stereocenters. The summed E-state index contributed by atoms with van der Waals surface area (Å²) < 4.78 is 5.35. The lowest BCUT2D eigenvalue weighted by atomic mass is 10.1. The molecule has 2 rings (SSSR count). The minimum absolute atomic E-state index is 0.0669. The number of carbonyl (C=O) groups excluding carboxylic acids is 3. The molecule has 1 aromatic carbocycles. The summed E-state index contributed by atoms with van der Waals surface area (Å²) in [6.07, 6.45) is 2.39. The summed E-state index contributed by atoms with van der Waals surface area (Å²) >= 11 is 0. The van der Waals surface area contributed by atoms with Gasteiger partial charge in [0.2, 0.25) is 5.91 Å². The smallest absolute Gasteiger partial charge is 0.258 e. The van der Waals surface area contributed by atoms with Crippen LogP contribution >= 0.6 is 0 Å². The van der Waals surface area contributed by atoms with E-state index >= 15 is 0 Å². The van der Waals surface area contributed by atoms with Gasteiger partial charge >= 0.3 is 0 Å². The third-order valence-corrected chi connectivity index (χ3v) is 3.56. The number of Topliss-reactive ketones (excluding diaryl/α,β-unsaturated/α-hetero) is 1. The summed E-state index contributed by atoms with van der Waals surface area (Å²) in [5.41, 5.74) is 0.635. The highest BCUT2D eigenvalue weighted by atomic mass is 16.5. The van der Waals surface area contributed by atoms with Crippen LogP contribution in [0.3, 0.4) is 0 Å². The van der Waals surface area contributed by atoms with E-state index in [1.807, 2.05) is 6.92 Å². The molecule has 0 spiro atoms. The van der Waals surface area contributed by atoms with Crippen LogP contribution in [0.5, 0.6) is 5.75 Å². The van der Waals surface area contributed by atoms with Crippen molar-refractivity contribution in [2.45, 2.75) is 26.2 Å². The molecular formula is C17H22N2O4. The Bertz CT molecular complexity index is 564. The van der Waals surface area contributed by atoms with Crippen molar-refractivity contribution in [3.05, 3.63) is 29.8 Å². The van der Waals surface area contributed by atoms with Crippen molar-refractivity contribution in [2.24, 2.45) is 5.92 Å². The van der Waals surface area contributed by atoms with Crippen LogP contribution in [0.2, 0.25) is 0 Å². The SMILES string of the molecule is CCC(=O)c1ccc(OCC(=O)NCCNC(=O)C2CC2)cc1. The Morgan fingerprint density at radius 2 is 1.74 bits per heavy atom. The van der Waals surface area contributed by atoms with Gasteiger partial charge in [0.15, 0.2) is 12.4 Å². The first kappa shape index (κ1) is 17.0. The molecule has 6 nitrogen and oxygen atoms in total. The molecule has 1 aliphatic rings. The second-order valence-electron chi connectivity index (χ2n) is 5.51. The Hall–Kier alpha value is -2.37. The average molecular weight is 318 g/mol. The van der Waals surface area contributed by atoms with E-state index in [0.717, 1.165) is 12.8 Å². The average Bonchev–Trinajstić information content (AvgIpc) is 3.41. The minimum atomic E-state index is -0.251. The van der Waals surface area contributed by atoms with Gasteiger partial charge in [-0.25, -0.2) is 0 Å². The van der Waals surface area contributed by atoms with Crippen LogP contribution in [0.4, 0.5) is 0 Å². The number of hydrogen-bond acceptors (Lipinski definition) is 4. The highest BCUT2D eigenvalue weighted by molar-refractivity contribution is 5.95. The van der Waals surface area contributed by atoms with Crippen molar-refractivity contribution in [3.8, 4) is 5.75 Å². The summed E-state index contributed by atoms with van der Waals surface area (Å²) in [5, 5.41) is 5.44. The Kier molecular flexibility index (Phi) is 6.14. The molecule has 124 valence electrons. The Morgan fingerprint density at radius 1 is 1.09 bits per heavy atom. The molecule has 1 fully saturated rings. The number of carbonyl (C=O) groups is 3. The molecule has 0 aliphatic heterocycles. The Labute approximate surface area is 135 Å². The monoisotopic (exact) mass is 318 g/mol. The minimum Gasteiger partial charge on any atom is -0.484 e. The summed E-state index contributed by atoms with van der Waals surface area (Å²) in [6, 6.07) is 6.72. The molecule has 0 radical (unpaired) electrons. The zero-order valence-corrected chi connectivity index (χ0v) is 13.3. The highest BCUT2D eigenvalue weighted by Crippen LogP contribution is 2.28. The molecule has 0 aromatic heterocycles. The standard InChI is InChI=1S/C17H22N2O4/c1-2-15(20)12-5-7-14(8-6-12)23-11-16(21)18-9-10-19-17(22)13-3-4-13/h5-8,13H,2-4,9-11H2,1H3,(H,18,21)(H,19,22). The summed E-state index contributed by atoms with van der Waals surface area (Å²) in [4.78, 5) is 34.5. The van der Waals surface area contributed by atoms with Gasteiger partial charge in [-0.3, -0.25) is 14.4 Å². The normalized spacial score (nSPS) is 13.3. The lowest BCUT2D eigenvalue weighted by Crippen LogP contribution is -2.37. The molecule has 0 saturated heterocycles. The van der Waals surface area contributed by atoms with Crippen molar-refractivity contribution >= 4 is 17.6 Å². The lowest BCUT2D eigenvalue weighted by molar-refractivity contribution is -0.124. The largest absolute Gasteiger partial charge is 0.484 e. The fraction of sp³-hybridized carbons (Fsp3) is 0.471. The maximum absolute atomic E-state index is 11.6. The van der Waals surface area contributed by atoms with Crippen LogP contribution in [0.15, 0.2) is 24.3 Å². The van der Waals surface area contributed by atoms with Gasteiger partial charge in [-0.2, -0.15) is 0 Å². The van der Waals surface area contributed by atoms with Crippen LogP contribution in [0.25, 0.3) is 0 Å². The van der Waals surface area contributed by atoms with Crippen molar-refractivity contribution in [3.63, 3.8) is 0 Å².